The van der Waals surface area contributed by atoms with Crippen molar-refractivity contribution in [2.45, 2.75) is 13.1 Å². The Morgan fingerprint density at radius 2 is 1.48 bits per heavy atom. The van der Waals surface area contributed by atoms with Crippen LogP contribution < -0.4 is 20.1 Å². The van der Waals surface area contributed by atoms with Crippen LogP contribution in [0.1, 0.15) is 11.1 Å². The smallest absolute Gasteiger partial charge is 0.231 e. The van der Waals surface area contributed by atoms with E-state index in [1.165, 1.54) is 5.56 Å². The normalized spacial score (nSPS) is 12.0. The highest BCUT2D eigenvalue weighted by molar-refractivity contribution is 5.49. The number of anilines is 2. The van der Waals surface area contributed by atoms with E-state index in [0.717, 1.165) is 35.2 Å². The van der Waals surface area contributed by atoms with Crippen LogP contribution in [0, 0.1) is 0 Å². The molecule has 0 saturated carbocycles. The minimum Gasteiger partial charge on any atom is -0.454 e. The van der Waals surface area contributed by atoms with Crippen molar-refractivity contribution in [2.75, 3.05) is 17.4 Å². The van der Waals surface area contributed by atoms with Gasteiger partial charge in [0, 0.05) is 19.2 Å². The minimum absolute atomic E-state index is 0.286. The first-order valence-corrected chi connectivity index (χ1v) is 8.09. The predicted octanol–water partition coefficient (Wildman–Crippen LogP) is 3.43. The van der Waals surface area contributed by atoms with Gasteiger partial charge in [-0.15, -0.1) is 0 Å². The first kappa shape index (κ1) is 15.3. The lowest BCUT2D eigenvalue weighted by molar-refractivity contribution is 0.174. The lowest BCUT2D eigenvalue weighted by Gasteiger charge is -2.09. The van der Waals surface area contributed by atoms with Crippen LogP contribution in [0.25, 0.3) is 0 Å². The second-order valence-electron chi connectivity index (χ2n) is 5.67. The third-order valence-corrected chi connectivity index (χ3v) is 3.89. The monoisotopic (exact) mass is 334 g/mol. The Labute approximate surface area is 145 Å². The molecule has 0 radical (unpaired) electrons. The standard InChI is InChI=1S/C19H18N4O2/c1-2-4-14(5-3-1)10-20-18-9-19(23-12-22-18)21-11-15-6-7-16-17(8-15)25-13-24-16/h1-9,12H,10-11,13H2,(H2,20,21,22,23). The number of aromatic nitrogens is 2. The van der Waals surface area contributed by atoms with Crippen molar-refractivity contribution in [3.63, 3.8) is 0 Å². The fraction of sp³-hybridized carbons (Fsp3) is 0.158. The van der Waals surface area contributed by atoms with Gasteiger partial charge in [0.25, 0.3) is 0 Å². The number of hydrogen-bond acceptors (Lipinski definition) is 6. The summed E-state index contributed by atoms with van der Waals surface area (Å²) in [5, 5.41) is 6.61. The molecule has 0 unspecified atom stereocenters. The van der Waals surface area contributed by atoms with E-state index >= 15 is 0 Å². The van der Waals surface area contributed by atoms with Crippen molar-refractivity contribution >= 4 is 11.6 Å². The molecule has 6 nitrogen and oxygen atoms in total. The third kappa shape index (κ3) is 3.80. The summed E-state index contributed by atoms with van der Waals surface area (Å²) in [5.41, 5.74) is 2.30. The molecule has 0 aliphatic carbocycles. The Kier molecular flexibility index (Phi) is 4.33. The summed E-state index contributed by atoms with van der Waals surface area (Å²) in [6.45, 7) is 1.65. The van der Waals surface area contributed by atoms with Gasteiger partial charge in [0.2, 0.25) is 6.79 Å². The van der Waals surface area contributed by atoms with Crippen LogP contribution in [0.2, 0.25) is 0 Å². The Balaban J connectivity index is 1.36. The lowest BCUT2D eigenvalue weighted by Crippen LogP contribution is -2.05. The van der Waals surface area contributed by atoms with Crippen molar-refractivity contribution < 1.29 is 9.47 Å². The van der Waals surface area contributed by atoms with E-state index in [1.807, 2.05) is 42.5 Å². The second kappa shape index (κ2) is 7.09. The van der Waals surface area contributed by atoms with Gasteiger partial charge in [-0.25, -0.2) is 9.97 Å². The minimum atomic E-state index is 0.286. The van der Waals surface area contributed by atoms with Crippen LogP contribution in [-0.2, 0) is 13.1 Å². The number of ether oxygens (including phenoxy) is 2. The van der Waals surface area contributed by atoms with Gasteiger partial charge < -0.3 is 20.1 Å². The summed E-state index contributed by atoms with van der Waals surface area (Å²) in [4.78, 5) is 8.52. The predicted molar refractivity (Wildman–Crippen MR) is 95.7 cm³/mol. The van der Waals surface area contributed by atoms with Gasteiger partial charge in [-0.2, -0.15) is 0 Å². The van der Waals surface area contributed by atoms with Crippen LogP contribution in [0.5, 0.6) is 11.5 Å². The molecule has 6 heteroatoms. The molecule has 0 spiro atoms. The zero-order chi connectivity index (χ0) is 16.9. The zero-order valence-corrected chi connectivity index (χ0v) is 13.6. The molecule has 0 saturated heterocycles. The van der Waals surface area contributed by atoms with E-state index in [0.29, 0.717) is 6.54 Å². The molecule has 0 atom stereocenters. The summed E-state index contributed by atoms with van der Waals surface area (Å²) in [5.74, 6) is 3.13. The molecule has 0 bridgehead atoms. The molecule has 1 aromatic heterocycles. The van der Waals surface area contributed by atoms with Crippen molar-refractivity contribution in [1.82, 2.24) is 9.97 Å². The van der Waals surface area contributed by atoms with Crippen molar-refractivity contribution in [1.29, 1.82) is 0 Å². The maximum absolute atomic E-state index is 5.40. The quantitative estimate of drug-likeness (QED) is 0.720. The molecule has 1 aliphatic rings. The molecule has 126 valence electrons. The van der Waals surface area contributed by atoms with Crippen molar-refractivity contribution in [3.05, 3.63) is 72.1 Å². The van der Waals surface area contributed by atoms with Crippen molar-refractivity contribution in [3.8, 4) is 11.5 Å². The number of benzene rings is 2. The zero-order valence-electron chi connectivity index (χ0n) is 13.6. The molecule has 0 amide bonds. The van der Waals surface area contributed by atoms with Crippen LogP contribution in [-0.4, -0.2) is 16.8 Å². The van der Waals surface area contributed by atoms with Crippen LogP contribution in [0.4, 0.5) is 11.6 Å². The molecule has 2 aromatic carbocycles. The number of fused-ring (bicyclic) bond motifs is 1. The van der Waals surface area contributed by atoms with Crippen LogP contribution in [0.15, 0.2) is 60.9 Å². The first-order valence-electron chi connectivity index (χ1n) is 8.09. The molecule has 3 aromatic rings. The molecule has 2 heterocycles. The van der Waals surface area contributed by atoms with Gasteiger partial charge in [0.1, 0.15) is 18.0 Å². The maximum atomic E-state index is 5.40. The van der Waals surface area contributed by atoms with E-state index in [9.17, 15) is 0 Å². The van der Waals surface area contributed by atoms with Crippen LogP contribution in [0.3, 0.4) is 0 Å². The van der Waals surface area contributed by atoms with Crippen molar-refractivity contribution in [2.24, 2.45) is 0 Å². The molecule has 4 rings (SSSR count). The Bertz CT molecular complexity index is 855. The van der Waals surface area contributed by atoms with Gasteiger partial charge in [0.05, 0.1) is 0 Å². The number of nitrogens with one attached hydrogen (secondary N) is 2. The highest BCUT2D eigenvalue weighted by Gasteiger charge is 2.13. The summed E-state index contributed by atoms with van der Waals surface area (Å²) < 4.78 is 10.7. The van der Waals surface area contributed by atoms with Gasteiger partial charge in [-0.3, -0.25) is 0 Å². The summed E-state index contributed by atoms with van der Waals surface area (Å²) in [6.07, 6.45) is 1.55. The Hall–Kier alpha value is -3.28. The topological polar surface area (TPSA) is 68.3 Å². The average molecular weight is 334 g/mol. The molecule has 1 aliphatic heterocycles. The van der Waals surface area contributed by atoms with E-state index < -0.39 is 0 Å². The third-order valence-electron chi connectivity index (χ3n) is 3.89. The molecule has 25 heavy (non-hydrogen) atoms. The van der Waals surface area contributed by atoms with E-state index in [2.05, 4.69) is 32.7 Å². The summed E-state index contributed by atoms with van der Waals surface area (Å²) >= 11 is 0. The average Bonchev–Trinajstić information content (AvgIpc) is 3.14. The summed E-state index contributed by atoms with van der Waals surface area (Å²) in [7, 11) is 0. The highest BCUT2D eigenvalue weighted by atomic mass is 16.7. The highest BCUT2D eigenvalue weighted by Crippen LogP contribution is 2.32. The van der Waals surface area contributed by atoms with Gasteiger partial charge in [0.15, 0.2) is 11.5 Å². The molecular weight excluding hydrogens is 316 g/mol. The van der Waals surface area contributed by atoms with E-state index in [-0.39, 0.29) is 6.79 Å². The Morgan fingerprint density at radius 3 is 2.28 bits per heavy atom. The first-order chi connectivity index (χ1) is 12.4. The fourth-order valence-corrected chi connectivity index (χ4v) is 2.58. The molecule has 0 fully saturated rings. The van der Waals surface area contributed by atoms with Crippen LogP contribution >= 0.6 is 0 Å². The maximum Gasteiger partial charge on any atom is 0.231 e. The van der Waals surface area contributed by atoms with Gasteiger partial charge >= 0.3 is 0 Å². The van der Waals surface area contributed by atoms with Gasteiger partial charge in [-0.1, -0.05) is 36.4 Å². The number of rotatable bonds is 6. The van der Waals surface area contributed by atoms with E-state index in [4.69, 9.17) is 9.47 Å². The molecule has 2 N–H and O–H groups in total. The SMILES string of the molecule is c1ccc(CNc2cc(NCc3ccc4c(c3)OCO4)ncn2)cc1. The van der Waals surface area contributed by atoms with E-state index in [1.54, 1.807) is 6.33 Å². The van der Waals surface area contributed by atoms with Gasteiger partial charge in [-0.05, 0) is 23.3 Å². The lowest BCUT2D eigenvalue weighted by atomic mass is 10.2. The Morgan fingerprint density at radius 1 is 0.760 bits per heavy atom. The molecular formula is C19H18N4O2. The number of hydrogen-bond donors (Lipinski definition) is 2. The summed E-state index contributed by atoms with van der Waals surface area (Å²) in [6, 6.07) is 18.0. The fourth-order valence-electron chi connectivity index (χ4n) is 2.58. The second-order valence-corrected chi connectivity index (χ2v) is 5.67. The largest absolute Gasteiger partial charge is 0.454 e. The number of nitrogens with zero attached hydrogens (tertiary/aromatic N) is 2.